The molecule has 0 fully saturated rings. The van der Waals surface area contributed by atoms with Gasteiger partial charge in [-0.2, -0.15) is 0 Å². The SMILES string of the molecule is CCC(=O)c1ccc(OC[C@](C)(O)C(=O)Nc2ccc([N+](=O)[O-])c(C)c2)cc1. The minimum atomic E-state index is -1.84. The number of amides is 1. The zero-order valence-electron chi connectivity index (χ0n) is 15.9. The number of ether oxygens (including phenoxy) is 1. The van der Waals surface area contributed by atoms with Gasteiger partial charge in [0.1, 0.15) is 12.4 Å². The van der Waals surface area contributed by atoms with E-state index in [4.69, 9.17) is 4.74 Å². The maximum absolute atomic E-state index is 12.3. The molecule has 2 N–H and O–H groups in total. The fourth-order valence-electron chi connectivity index (χ4n) is 2.43. The van der Waals surface area contributed by atoms with Crippen molar-refractivity contribution in [3.8, 4) is 5.75 Å². The molecule has 0 saturated heterocycles. The van der Waals surface area contributed by atoms with Crippen LogP contribution < -0.4 is 10.1 Å². The standard InChI is InChI=1S/C20H22N2O6/c1-4-18(23)14-5-8-16(9-6-14)28-12-20(3,25)19(24)21-15-7-10-17(22(26)27)13(2)11-15/h5-11,25H,4,12H2,1-3H3,(H,21,24)/t20-/m0/s1. The van der Waals surface area contributed by atoms with E-state index in [9.17, 15) is 24.8 Å². The minimum Gasteiger partial charge on any atom is -0.490 e. The molecule has 8 heteroatoms. The molecule has 0 radical (unpaired) electrons. The van der Waals surface area contributed by atoms with E-state index < -0.39 is 16.4 Å². The second-order valence-corrected chi connectivity index (χ2v) is 6.58. The molecule has 0 aliphatic rings. The van der Waals surface area contributed by atoms with Crippen molar-refractivity contribution in [2.75, 3.05) is 11.9 Å². The molecule has 0 unspecified atom stereocenters. The fourth-order valence-corrected chi connectivity index (χ4v) is 2.43. The van der Waals surface area contributed by atoms with Gasteiger partial charge in [0.25, 0.3) is 11.6 Å². The van der Waals surface area contributed by atoms with Gasteiger partial charge in [-0.05, 0) is 50.2 Å². The fraction of sp³-hybridized carbons (Fsp3) is 0.300. The number of nitro benzene ring substituents is 1. The predicted molar refractivity (Wildman–Crippen MR) is 104 cm³/mol. The van der Waals surface area contributed by atoms with Gasteiger partial charge in [0.2, 0.25) is 0 Å². The van der Waals surface area contributed by atoms with Gasteiger partial charge in [-0.25, -0.2) is 0 Å². The highest BCUT2D eigenvalue weighted by Crippen LogP contribution is 2.23. The number of nitro groups is 1. The summed E-state index contributed by atoms with van der Waals surface area (Å²) in [6.07, 6.45) is 0.400. The lowest BCUT2D eigenvalue weighted by Gasteiger charge is -2.22. The normalized spacial score (nSPS) is 12.7. The Kier molecular flexibility index (Phi) is 6.48. The number of carbonyl (C=O) groups excluding carboxylic acids is 2. The third-order valence-electron chi connectivity index (χ3n) is 4.16. The van der Waals surface area contributed by atoms with Gasteiger partial charge in [-0.3, -0.25) is 19.7 Å². The van der Waals surface area contributed by atoms with Crippen molar-refractivity contribution in [1.29, 1.82) is 0 Å². The van der Waals surface area contributed by atoms with E-state index in [1.54, 1.807) is 38.1 Å². The Morgan fingerprint density at radius 2 is 1.86 bits per heavy atom. The summed E-state index contributed by atoms with van der Waals surface area (Å²) >= 11 is 0. The average molecular weight is 386 g/mol. The van der Waals surface area contributed by atoms with E-state index >= 15 is 0 Å². The summed E-state index contributed by atoms with van der Waals surface area (Å²) in [5.74, 6) is -0.290. The zero-order chi connectivity index (χ0) is 20.9. The topological polar surface area (TPSA) is 119 Å². The maximum Gasteiger partial charge on any atom is 0.272 e. The summed E-state index contributed by atoms with van der Waals surface area (Å²) in [7, 11) is 0. The minimum absolute atomic E-state index is 0.0105. The smallest absolute Gasteiger partial charge is 0.272 e. The van der Waals surface area contributed by atoms with Crippen LogP contribution >= 0.6 is 0 Å². The van der Waals surface area contributed by atoms with Crippen LogP contribution in [-0.4, -0.2) is 33.9 Å². The molecule has 8 nitrogen and oxygen atoms in total. The molecule has 0 spiro atoms. The van der Waals surface area contributed by atoms with Crippen LogP contribution in [-0.2, 0) is 4.79 Å². The largest absolute Gasteiger partial charge is 0.490 e. The first-order chi connectivity index (χ1) is 13.1. The van der Waals surface area contributed by atoms with Crippen LogP contribution in [0, 0.1) is 17.0 Å². The zero-order valence-corrected chi connectivity index (χ0v) is 15.9. The van der Waals surface area contributed by atoms with Gasteiger partial charge >= 0.3 is 0 Å². The number of aryl methyl sites for hydroxylation is 1. The van der Waals surface area contributed by atoms with Crippen LogP contribution in [0.1, 0.15) is 36.2 Å². The summed E-state index contributed by atoms with van der Waals surface area (Å²) in [4.78, 5) is 34.3. The van der Waals surface area contributed by atoms with Crippen molar-refractivity contribution in [1.82, 2.24) is 0 Å². The molecular formula is C20H22N2O6. The number of benzene rings is 2. The molecule has 0 saturated carbocycles. The number of anilines is 1. The van der Waals surface area contributed by atoms with Gasteiger partial charge in [0.05, 0.1) is 4.92 Å². The third kappa shape index (κ3) is 5.14. The number of carbonyl (C=O) groups is 2. The molecule has 0 aliphatic heterocycles. The monoisotopic (exact) mass is 386 g/mol. The lowest BCUT2D eigenvalue weighted by atomic mass is 10.1. The molecule has 0 aliphatic carbocycles. The van der Waals surface area contributed by atoms with E-state index in [1.165, 1.54) is 25.1 Å². The molecule has 1 amide bonds. The predicted octanol–water partition coefficient (Wildman–Crippen LogP) is 3.26. The number of nitrogens with one attached hydrogen (secondary N) is 1. The highest BCUT2D eigenvalue weighted by Gasteiger charge is 2.31. The van der Waals surface area contributed by atoms with E-state index in [0.29, 0.717) is 29.0 Å². The summed E-state index contributed by atoms with van der Waals surface area (Å²) < 4.78 is 5.46. The third-order valence-corrected chi connectivity index (χ3v) is 4.16. The second kappa shape index (κ2) is 8.62. The van der Waals surface area contributed by atoms with Crippen LogP contribution in [0.3, 0.4) is 0 Å². The van der Waals surface area contributed by atoms with Gasteiger partial charge < -0.3 is 15.2 Å². The average Bonchev–Trinajstić information content (AvgIpc) is 2.66. The summed E-state index contributed by atoms with van der Waals surface area (Å²) in [6.45, 7) is 4.32. The van der Waals surface area contributed by atoms with Crippen molar-refractivity contribution in [2.24, 2.45) is 0 Å². The first-order valence-corrected chi connectivity index (χ1v) is 8.69. The summed E-state index contributed by atoms with van der Waals surface area (Å²) in [6, 6.07) is 10.6. The number of ketones is 1. The molecule has 28 heavy (non-hydrogen) atoms. The highest BCUT2D eigenvalue weighted by atomic mass is 16.6. The Morgan fingerprint density at radius 1 is 1.21 bits per heavy atom. The van der Waals surface area contributed by atoms with Crippen LogP contribution in [0.2, 0.25) is 0 Å². The number of nitrogens with zero attached hydrogens (tertiary/aromatic N) is 1. The van der Waals surface area contributed by atoms with Crippen LogP contribution in [0.15, 0.2) is 42.5 Å². The summed E-state index contributed by atoms with van der Waals surface area (Å²) in [5.41, 5.74) is -0.615. The number of hydrogen-bond donors (Lipinski definition) is 2. The summed E-state index contributed by atoms with van der Waals surface area (Å²) in [5, 5.41) is 23.8. The van der Waals surface area contributed by atoms with E-state index in [2.05, 4.69) is 5.32 Å². The van der Waals surface area contributed by atoms with E-state index in [0.717, 1.165) is 0 Å². The van der Waals surface area contributed by atoms with Crippen LogP contribution in [0.4, 0.5) is 11.4 Å². The molecule has 2 aromatic carbocycles. The highest BCUT2D eigenvalue weighted by molar-refractivity contribution is 5.97. The first-order valence-electron chi connectivity index (χ1n) is 8.69. The molecule has 1 atom stereocenters. The van der Waals surface area contributed by atoms with Gasteiger partial charge in [-0.1, -0.05) is 6.92 Å². The second-order valence-electron chi connectivity index (χ2n) is 6.58. The number of rotatable bonds is 8. The van der Waals surface area contributed by atoms with Gasteiger partial charge in [-0.15, -0.1) is 0 Å². The van der Waals surface area contributed by atoms with Crippen molar-refractivity contribution in [2.45, 2.75) is 32.8 Å². The van der Waals surface area contributed by atoms with Crippen molar-refractivity contribution in [3.63, 3.8) is 0 Å². The number of hydrogen-bond acceptors (Lipinski definition) is 6. The molecule has 0 bridgehead atoms. The maximum atomic E-state index is 12.3. The quantitative estimate of drug-likeness (QED) is 0.408. The van der Waals surface area contributed by atoms with Crippen LogP contribution in [0.5, 0.6) is 5.75 Å². The van der Waals surface area contributed by atoms with Gasteiger partial charge in [0.15, 0.2) is 11.4 Å². The number of aliphatic hydroxyl groups is 1. The molecule has 2 rings (SSSR count). The van der Waals surface area contributed by atoms with Crippen LogP contribution in [0.25, 0.3) is 0 Å². The Morgan fingerprint density at radius 3 is 2.39 bits per heavy atom. The Labute approximate surface area is 162 Å². The lowest BCUT2D eigenvalue weighted by molar-refractivity contribution is -0.385. The van der Waals surface area contributed by atoms with Crippen molar-refractivity contribution >= 4 is 23.1 Å². The van der Waals surface area contributed by atoms with E-state index in [1.807, 2.05) is 0 Å². The molecule has 2 aromatic rings. The van der Waals surface area contributed by atoms with Crippen molar-refractivity contribution < 1.29 is 24.4 Å². The molecular weight excluding hydrogens is 364 g/mol. The van der Waals surface area contributed by atoms with E-state index in [-0.39, 0.29) is 18.1 Å². The number of Topliss-reactive ketones (excluding diaryl/α,β-unsaturated/α-hetero) is 1. The first kappa shape index (κ1) is 21.0. The lowest BCUT2D eigenvalue weighted by Crippen LogP contribution is -2.45. The van der Waals surface area contributed by atoms with Gasteiger partial charge in [0, 0.05) is 29.3 Å². The Hall–Kier alpha value is -3.26. The Bertz CT molecular complexity index is 890. The molecule has 148 valence electrons. The van der Waals surface area contributed by atoms with Crippen molar-refractivity contribution in [3.05, 3.63) is 63.7 Å². The molecule has 0 heterocycles. The molecule has 0 aromatic heterocycles. The Balaban J connectivity index is 1.99.